The highest BCUT2D eigenvalue weighted by atomic mass is 16.3. The van der Waals surface area contributed by atoms with Crippen LogP contribution >= 0.6 is 0 Å². The molecule has 0 aliphatic heterocycles. The smallest absolute Gasteiger partial charge is 0.125 e. The van der Waals surface area contributed by atoms with Crippen LogP contribution in [0.2, 0.25) is 0 Å². The van der Waals surface area contributed by atoms with Gasteiger partial charge in [-0.25, -0.2) is 0 Å². The number of hydrogen-bond acceptors (Lipinski definition) is 4. The highest BCUT2D eigenvalue weighted by Gasteiger charge is 2.04. The van der Waals surface area contributed by atoms with Gasteiger partial charge in [0.1, 0.15) is 5.75 Å². The second kappa shape index (κ2) is 6.01. The fourth-order valence-electron chi connectivity index (χ4n) is 2.78. The van der Waals surface area contributed by atoms with Gasteiger partial charge in [-0.15, -0.1) is 0 Å². The lowest BCUT2D eigenvalue weighted by atomic mass is 10.0. The average Bonchev–Trinajstić information content (AvgIpc) is 2.64. The topological polar surface area (TPSA) is 57.5 Å². The van der Waals surface area contributed by atoms with Gasteiger partial charge in [-0.3, -0.25) is 10.4 Å². The van der Waals surface area contributed by atoms with Gasteiger partial charge in [0.25, 0.3) is 0 Å². The summed E-state index contributed by atoms with van der Waals surface area (Å²) >= 11 is 0. The number of nitrogens with zero attached hydrogens (tertiary/aromatic N) is 2. The molecule has 0 aliphatic rings. The Balaban J connectivity index is 1.70. The van der Waals surface area contributed by atoms with E-state index in [2.05, 4.69) is 15.5 Å². The van der Waals surface area contributed by atoms with Gasteiger partial charge in [0.2, 0.25) is 0 Å². The highest BCUT2D eigenvalue weighted by molar-refractivity contribution is 6.02. The average molecular weight is 313 g/mol. The number of pyridine rings is 1. The molecule has 0 unspecified atom stereocenters. The van der Waals surface area contributed by atoms with Crippen LogP contribution in [0.15, 0.2) is 78.0 Å². The largest absolute Gasteiger partial charge is 0.507 e. The number of nitrogens with one attached hydrogen (secondary N) is 1. The Labute approximate surface area is 139 Å². The van der Waals surface area contributed by atoms with E-state index in [1.165, 1.54) is 0 Å². The Bertz CT molecular complexity index is 1050. The standard InChI is InChI=1S/C20H15N3O/c24-19-11-10-14-5-1-2-8-16(14)17(19)13-22-23-18-9-3-6-15-7-4-12-21-20(15)18/h1-13,23-24H/b22-13+. The Hall–Kier alpha value is -3.40. The fourth-order valence-corrected chi connectivity index (χ4v) is 2.78. The first-order valence-corrected chi connectivity index (χ1v) is 7.66. The summed E-state index contributed by atoms with van der Waals surface area (Å²) in [6.07, 6.45) is 3.40. The van der Waals surface area contributed by atoms with Crippen molar-refractivity contribution in [3.05, 3.63) is 78.5 Å². The molecule has 0 spiro atoms. The molecule has 0 aliphatic carbocycles. The second-order valence-electron chi connectivity index (χ2n) is 5.47. The first-order valence-electron chi connectivity index (χ1n) is 7.66. The van der Waals surface area contributed by atoms with E-state index in [0.717, 1.165) is 27.4 Å². The lowest BCUT2D eigenvalue weighted by molar-refractivity contribution is 0.475. The molecule has 0 radical (unpaired) electrons. The van der Waals surface area contributed by atoms with Gasteiger partial charge in [-0.2, -0.15) is 5.10 Å². The predicted molar refractivity (Wildman–Crippen MR) is 98.6 cm³/mol. The quantitative estimate of drug-likeness (QED) is 0.431. The zero-order chi connectivity index (χ0) is 16.4. The van der Waals surface area contributed by atoms with Crippen molar-refractivity contribution in [3.8, 4) is 5.75 Å². The van der Waals surface area contributed by atoms with E-state index < -0.39 is 0 Å². The molecule has 0 saturated heterocycles. The number of aromatic hydroxyl groups is 1. The summed E-state index contributed by atoms with van der Waals surface area (Å²) < 4.78 is 0. The number of benzene rings is 3. The number of hydrazone groups is 1. The third kappa shape index (κ3) is 2.54. The molecule has 0 bridgehead atoms. The van der Waals surface area contributed by atoms with Crippen molar-refractivity contribution < 1.29 is 5.11 Å². The summed E-state index contributed by atoms with van der Waals surface area (Å²) in [5, 5.41) is 17.5. The Kier molecular flexibility index (Phi) is 3.56. The van der Waals surface area contributed by atoms with Gasteiger partial charge >= 0.3 is 0 Å². The molecule has 4 nitrogen and oxygen atoms in total. The van der Waals surface area contributed by atoms with Crippen molar-refractivity contribution in [1.82, 2.24) is 4.98 Å². The van der Waals surface area contributed by atoms with Gasteiger partial charge < -0.3 is 5.11 Å². The van der Waals surface area contributed by atoms with Gasteiger partial charge in [0.15, 0.2) is 0 Å². The van der Waals surface area contributed by atoms with Crippen LogP contribution < -0.4 is 5.43 Å². The third-order valence-electron chi connectivity index (χ3n) is 3.96. The fraction of sp³-hybridized carbons (Fsp3) is 0. The number of hydrogen-bond donors (Lipinski definition) is 2. The van der Waals surface area contributed by atoms with E-state index in [1.54, 1.807) is 18.5 Å². The van der Waals surface area contributed by atoms with Crippen molar-refractivity contribution >= 4 is 33.6 Å². The van der Waals surface area contributed by atoms with Crippen LogP contribution in [-0.4, -0.2) is 16.3 Å². The van der Waals surface area contributed by atoms with Crippen LogP contribution in [0.25, 0.3) is 21.7 Å². The van der Waals surface area contributed by atoms with Gasteiger partial charge in [-0.05, 0) is 29.0 Å². The molecule has 1 heterocycles. The molecule has 24 heavy (non-hydrogen) atoms. The molecule has 4 aromatic rings. The molecule has 1 aromatic heterocycles. The van der Waals surface area contributed by atoms with Crippen LogP contribution in [0.5, 0.6) is 5.75 Å². The maximum Gasteiger partial charge on any atom is 0.125 e. The Morgan fingerprint density at radius 1 is 0.875 bits per heavy atom. The monoisotopic (exact) mass is 313 g/mol. The number of rotatable bonds is 3. The molecule has 0 fully saturated rings. The van der Waals surface area contributed by atoms with E-state index in [9.17, 15) is 5.11 Å². The number of aromatic nitrogens is 1. The van der Waals surface area contributed by atoms with Gasteiger partial charge in [0, 0.05) is 17.1 Å². The van der Waals surface area contributed by atoms with Crippen LogP contribution in [0.4, 0.5) is 5.69 Å². The SMILES string of the molecule is Oc1ccc2ccccc2c1/C=N/Nc1cccc2cccnc12. The predicted octanol–water partition coefficient (Wildman–Crippen LogP) is 4.54. The molecule has 4 rings (SSSR count). The lowest BCUT2D eigenvalue weighted by Gasteiger charge is -2.06. The van der Waals surface area contributed by atoms with Crippen molar-refractivity contribution in [2.45, 2.75) is 0 Å². The van der Waals surface area contributed by atoms with Crippen molar-refractivity contribution in [2.75, 3.05) is 5.43 Å². The zero-order valence-electron chi connectivity index (χ0n) is 12.8. The van der Waals surface area contributed by atoms with E-state index in [4.69, 9.17) is 0 Å². The first kappa shape index (κ1) is 14.2. The van der Waals surface area contributed by atoms with E-state index in [1.807, 2.05) is 60.7 Å². The van der Waals surface area contributed by atoms with Crippen molar-refractivity contribution in [1.29, 1.82) is 0 Å². The summed E-state index contributed by atoms with van der Waals surface area (Å²) in [6.45, 7) is 0. The molecule has 4 heteroatoms. The molecule has 2 N–H and O–H groups in total. The Morgan fingerprint density at radius 2 is 1.71 bits per heavy atom. The van der Waals surface area contributed by atoms with Gasteiger partial charge in [-0.1, -0.05) is 48.5 Å². The second-order valence-corrected chi connectivity index (χ2v) is 5.47. The summed E-state index contributed by atoms with van der Waals surface area (Å²) in [7, 11) is 0. The lowest BCUT2D eigenvalue weighted by Crippen LogP contribution is -1.94. The zero-order valence-corrected chi connectivity index (χ0v) is 12.8. The van der Waals surface area contributed by atoms with Gasteiger partial charge in [0.05, 0.1) is 17.4 Å². The summed E-state index contributed by atoms with van der Waals surface area (Å²) in [4.78, 5) is 4.39. The maximum absolute atomic E-state index is 10.1. The van der Waals surface area contributed by atoms with Crippen LogP contribution in [-0.2, 0) is 0 Å². The number of anilines is 1. The third-order valence-corrected chi connectivity index (χ3v) is 3.96. The molecule has 116 valence electrons. The minimum atomic E-state index is 0.204. The first-order chi connectivity index (χ1) is 11.8. The van der Waals surface area contributed by atoms with Crippen molar-refractivity contribution in [3.63, 3.8) is 0 Å². The van der Waals surface area contributed by atoms with Crippen LogP contribution in [0.1, 0.15) is 5.56 Å². The summed E-state index contributed by atoms with van der Waals surface area (Å²) in [5.74, 6) is 0.204. The number of fused-ring (bicyclic) bond motifs is 2. The summed E-state index contributed by atoms with van der Waals surface area (Å²) in [6, 6.07) is 21.3. The minimum absolute atomic E-state index is 0.204. The summed E-state index contributed by atoms with van der Waals surface area (Å²) in [5.41, 5.74) is 5.40. The van der Waals surface area contributed by atoms with Crippen molar-refractivity contribution in [2.24, 2.45) is 5.10 Å². The highest BCUT2D eigenvalue weighted by Crippen LogP contribution is 2.26. The molecule has 0 atom stereocenters. The molecular formula is C20H15N3O. The molecular weight excluding hydrogens is 298 g/mol. The molecule has 0 amide bonds. The minimum Gasteiger partial charge on any atom is -0.507 e. The molecule has 3 aromatic carbocycles. The number of phenols is 1. The van der Waals surface area contributed by atoms with Crippen LogP contribution in [0.3, 0.4) is 0 Å². The van der Waals surface area contributed by atoms with E-state index >= 15 is 0 Å². The van der Waals surface area contributed by atoms with E-state index in [-0.39, 0.29) is 5.75 Å². The normalized spacial score (nSPS) is 11.3. The number of para-hydroxylation sites is 1. The maximum atomic E-state index is 10.1. The Morgan fingerprint density at radius 3 is 2.67 bits per heavy atom. The molecule has 0 saturated carbocycles. The van der Waals surface area contributed by atoms with Crippen LogP contribution in [0, 0.1) is 0 Å². The van der Waals surface area contributed by atoms with E-state index in [0.29, 0.717) is 5.56 Å². The number of phenolic OH excluding ortho intramolecular Hbond substituents is 1.